The molecule has 4 nitrogen and oxygen atoms in total. The lowest BCUT2D eigenvalue weighted by molar-refractivity contribution is -0.422. The Hall–Kier alpha value is -2.10. The van der Waals surface area contributed by atoms with Gasteiger partial charge in [0, 0.05) is 35.7 Å². The normalized spacial score (nSPS) is 11.9. The first-order valence-electron chi connectivity index (χ1n) is 4.57. The average Bonchev–Trinajstić information content (AvgIpc) is 2.62. The molecule has 0 fully saturated rings. The molecular formula is C11H10N2O2. The molecule has 15 heavy (non-hydrogen) atoms. The molecule has 2 rings (SSSR count). The predicted octanol–water partition coefficient (Wildman–Crippen LogP) is 2.81. The first-order chi connectivity index (χ1) is 7.18. The SMILES string of the molecule is C/C(=C/c1c[nH]c2ccccc12)[N+](=O)[O-]. The van der Waals surface area contributed by atoms with Crippen molar-refractivity contribution in [2.75, 3.05) is 0 Å². The second-order valence-electron chi connectivity index (χ2n) is 3.33. The molecule has 0 aliphatic heterocycles. The summed E-state index contributed by atoms with van der Waals surface area (Å²) in [4.78, 5) is 13.2. The topological polar surface area (TPSA) is 58.9 Å². The largest absolute Gasteiger partial charge is 0.361 e. The van der Waals surface area contributed by atoms with E-state index in [2.05, 4.69) is 4.98 Å². The van der Waals surface area contributed by atoms with E-state index >= 15 is 0 Å². The molecule has 0 amide bonds. The zero-order valence-electron chi connectivity index (χ0n) is 8.23. The van der Waals surface area contributed by atoms with E-state index in [4.69, 9.17) is 0 Å². The molecule has 1 aromatic heterocycles. The highest BCUT2D eigenvalue weighted by Gasteiger charge is 2.05. The summed E-state index contributed by atoms with van der Waals surface area (Å²) in [5.41, 5.74) is 1.97. The first kappa shape index (κ1) is 9.45. The van der Waals surface area contributed by atoms with Crippen molar-refractivity contribution in [1.29, 1.82) is 0 Å². The molecule has 0 aliphatic rings. The van der Waals surface area contributed by atoms with E-state index in [-0.39, 0.29) is 10.6 Å². The molecule has 1 N–H and O–H groups in total. The summed E-state index contributed by atoms with van der Waals surface area (Å²) in [6.07, 6.45) is 3.34. The third kappa shape index (κ3) is 1.74. The standard InChI is InChI=1S/C11H10N2O2/c1-8(13(14)15)6-9-7-12-11-5-3-2-4-10(9)11/h2-7,12H,1H3/b8-6-. The van der Waals surface area contributed by atoms with E-state index in [1.165, 1.54) is 6.92 Å². The molecule has 76 valence electrons. The molecular weight excluding hydrogens is 192 g/mol. The van der Waals surface area contributed by atoms with Gasteiger partial charge >= 0.3 is 0 Å². The van der Waals surface area contributed by atoms with Gasteiger partial charge in [0.2, 0.25) is 5.70 Å². The van der Waals surface area contributed by atoms with Crippen LogP contribution in [0, 0.1) is 10.1 Å². The summed E-state index contributed by atoms with van der Waals surface area (Å²) in [5.74, 6) is 0. The van der Waals surface area contributed by atoms with Gasteiger partial charge in [-0.25, -0.2) is 0 Å². The van der Waals surface area contributed by atoms with Crippen molar-refractivity contribution >= 4 is 17.0 Å². The number of aromatic nitrogens is 1. The highest BCUT2D eigenvalue weighted by molar-refractivity contribution is 5.88. The number of para-hydroxylation sites is 1. The fourth-order valence-electron chi connectivity index (χ4n) is 1.49. The number of aromatic amines is 1. The Morgan fingerprint density at radius 3 is 2.93 bits per heavy atom. The van der Waals surface area contributed by atoms with Gasteiger partial charge < -0.3 is 4.98 Å². The molecule has 2 aromatic rings. The molecule has 1 heterocycles. The molecule has 0 bridgehead atoms. The molecule has 0 saturated carbocycles. The number of nitrogens with zero attached hydrogens (tertiary/aromatic N) is 1. The summed E-state index contributed by atoms with van der Waals surface area (Å²) >= 11 is 0. The number of nitro groups is 1. The predicted molar refractivity (Wildman–Crippen MR) is 58.9 cm³/mol. The maximum absolute atomic E-state index is 10.5. The van der Waals surface area contributed by atoms with Crippen molar-refractivity contribution in [2.24, 2.45) is 0 Å². The highest BCUT2D eigenvalue weighted by atomic mass is 16.6. The Morgan fingerprint density at radius 2 is 2.20 bits per heavy atom. The van der Waals surface area contributed by atoms with Crippen LogP contribution in [0.15, 0.2) is 36.2 Å². The average molecular weight is 202 g/mol. The van der Waals surface area contributed by atoms with Crippen LogP contribution in [0.1, 0.15) is 12.5 Å². The van der Waals surface area contributed by atoms with E-state index in [1.807, 2.05) is 24.3 Å². The fourth-order valence-corrected chi connectivity index (χ4v) is 1.49. The monoisotopic (exact) mass is 202 g/mol. The van der Waals surface area contributed by atoms with Gasteiger partial charge in [-0.15, -0.1) is 0 Å². The summed E-state index contributed by atoms with van der Waals surface area (Å²) in [6.45, 7) is 1.49. The third-order valence-electron chi connectivity index (χ3n) is 2.27. The van der Waals surface area contributed by atoms with E-state index in [0.717, 1.165) is 16.5 Å². The summed E-state index contributed by atoms with van der Waals surface area (Å²) < 4.78 is 0. The molecule has 0 saturated heterocycles. The van der Waals surface area contributed by atoms with E-state index < -0.39 is 0 Å². The van der Waals surface area contributed by atoms with Gasteiger partial charge in [-0.2, -0.15) is 0 Å². The Labute approximate surface area is 86.4 Å². The Morgan fingerprint density at radius 1 is 1.47 bits per heavy atom. The van der Waals surface area contributed by atoms with Crippen LogP contribution in [-0.2, 0) is 0 Å². The van der Waals surface area contributed by atoms with Crippen LogP contribution in [0.4, 0.5) is 0 Å². The number of fused-ring (bicyclic) bond motifs is 1. The van der Waals surface area contributed by atoms with Gasteiger partial charge in [0.25, 0.3) is 0 Å². The van der Waals surface area contributed by atoms with Gasteiger partial charge in [-0.1, -0.05) is 18.2 Å². The van der Waals surface area contributed by atoms with Crippen molar-refractivity contribution < 1.29 is 4.92 Å². The van der Waals surface area contributed by atoms with Crippen molar-refractivity contribution in [3.8, 4) is 0 Å². The minimum atomic E-state index is -0.387. The van der Waals surface area contributed by atoms with Crippen LogP contribution in [0.5, 0.6) is 0 Å². The zero-order valence-corrected chi connectivity index (χ0v) is 8.23. The second-order valence-corrected chi connectivity index (χ2v) is 3.33. The minimum Gasteiger partial charge on any atom is -0.361 e. The lowest BCUT2D eigenvalue weighted by Crippen LogP contribution is -1.92. The van der Waals surface area contributed by atoms with Crippen LogP contribution in [0.25, 0.3) is 17.0 Å². The van der Waals surface area contributed by atoms with Crippen LogP contribution >= 0.6 is 0 Å². The number of H-pyrrole nitrogens is 1. The summed E-state index contributed by atoms with van der Waals surface area (Å²) in [5, 5.41) is 11.5. The van der Waals surface area contributed by atoms with Gasteiger partial charge in [-0.05, 0) is 6.07 Å². The number of hydrogen-bond donors (Lipinski definition) is 1. The second kappa shape index (κ2) is 3.57. The van der Waals surface area contributed by atoms with Gasteiger partial charge in [0.05, 0.1) is 4.92 Å². The molecule has 0 radical (unpaired) electrons. The van der Waals surface area contributed by atoms with Gasteiger partial charge in [0.15, 0.2) is 0 Å². The number of allylic oxidation sites excluding steroid dienone is 1. The van der Waals surface area contributed by atoms with Crippen LogP contribution in [-0.4, -0.2) is 9.91 Å². The van der Waals surface area contributed by atoms with Gasteiger partial charge in [0.1, 0.15) is 0 Å². The molecule has 1 aromatic carbocycles. The van der Waals surface area contributed by atoms with Crippen molar-refractivity contribution in [1.82, 2.24) is 4.98 Å². The number of rotatable bonds is 2. The van der Waals surface area contributed by atoms with Crippen LogP contribution in [0.3, 0.4) is 0 Å². The highest BCUT2D eigenvalue weighted by Crippen LogP contribution is 2.20. The lowest BCUT2D eigenvalue weighted by Gasteiger charge is -1.91. The zero-order chi connectivity index (χ0) is 10.8. The van der Waals surface area contributed by atoms with Crippen molar-refractivity contribution in [3.63, 3.8) is 0 Å². The Balaban J connectivity index is 2.54. The lowest BCUT2D eigenvalue weighted by atomic mass is 10.1. The smallest absolute Gasteiger partial charge is 0.243 e. The Kier molecular flexibility index (Phi) is 2.25. The number of hydrogen-bond acceptors (Lipinski definition) is 2. The molecule has 0 aliphatic carbocycles. The molecule has 0 unspecified atom stereocenters. The van der Waals surface area contributed by atoms with E-state index in [9.17, 15) is 10.1 Å². The quantitative estimate of drug-likeness (QED) is 0.601. The van der Waals surface area contributed by atoms with Gasteiger partial charge in [-0.3, -0.25) is 10.1 Å². The molecule has 0 spiro atoms. The van der Waals surface area contributed by atoms with Crippen LogP contribution in [0.2, 0.25) is 0 Å². The first-order valence-corrected chi connectivity index (χ1v) is 4.57. The number of nitrogens with one attached hydrogen (secondary N) is 1. The molecule has 4 heteroatoms. The maximum Gasteiger partial charge on any atom is 0.243 e. The minimum absolute atomic E-state index is 0.139. The maximum atomic E-state index is 10.5. The van der Waals surface area contributed by atoms with Crippen LogP contribution < -0.4 is 0 Å². The summed E-state index contributed by atoms with van der Waals surface area (Å²) in [7, 11) is 0. The van der Waals surface area contributed by atoms with Crippen molar-refractivity contribution in [2.45, 2.75) is 6.92 Å². The molecule has 0 atom stereocenters. The fraction of sp³-hybridized carbons (Fsp3) is 0.0909. The van der Waals surface area contributed by atoms with E-state index in [1.54, 1.807) is 12.3 Å². The Bertz CT molecular complexity index is 540. The van der Waals surface area contributed by atoms with Crippen molar-refractivity contribution in [3.05, 3.63) is 51.8 Å². The summed E-state index contributed by atoms with van der Waals surface area (Å²) in [6, 6.07) is 7.71. The third-order valence-corrected chi connectivity index (χ3v) is 2.27. The number of benzene rings is 1. The van der Waals surface area contributed by atoms with E-state index in [0.29, 0.717) is 0 Å².